The lowest BCUT2D eigenvalue weighted by atomic mass is 10.1. The third-order valence-electron chi connectivity index (χ3n) is 3.70. The molecule has 0 aromatic heterocycles. The number of ether oxygens (including phenoxy) is 2. The Morgan fingerprint density at radius 2 is 1.56 bits per heavy atom. The van der Waals surface area contributed by atoms with Crippen LogP contribution >= 0.6 is 0 Å². The first-order valence-corrected chi connectivity index (χ1v) is 8.15. The topological polar surface area (TPSA) is 76.7 Å². The number of hydrazine groups is 1. The zero-order chi connectivity index (χ0) is 19.8. The third-order valence-corrected chi connectivity index (χ3v) is 3.70. The summed E-state index contributed by atoms with van der Waals surface area (Å²) in [4.78, 5) is 23.6. The number of amides is 2. The fraction of sp³-hybridized carbons (Fsp3) is 0.263. The van der Waals surface area contributed by atoms with Crippen molar-refractivity contribution in [2.75, 3.05) is 6.61 Å². The van der Waals surface area contributed by atoms with Crippen molar-refractivity contribution >= 4 is 11.8 Å². The largest absolute Gasteiger partial charge is 0.484 e. The van der Waals surface area contributed by atoms with Crippen LogP contribution in [-0.4, -0.2) is 25.0 Å². The van der Waals surface area contributed by atoms with Crippen LogP contribution in [0, 0.1) is 13.8 Å². The summed E-state index contributed by atoms with van der Waals surface area (Å²) in [5.41, 5.74) is 7.26. The van der Waals surface area contributed by atoms with Crippen molar-refractivity contribution in [3.63, 3.8) is 0 Å². The van der Waals surface area contributed by atoms with Gasteiger partial charge in [0, 0.05) is 0 Å². The van der Waals surface area contributed by atoms with Gasteiger partial charge in [0.1, 0.15) is 11.5 Å². The van der Waals surface area contributed by atoms with Crippen LogP contribution in [0.3, 0.4) is 0 Å². The van der Waals surface area contributed by atoms with Gasteiger partial charge in [-0.15, -0.1) is 0 Å². The van der Waals surface area contributed by atoms with Crippen LogP contribution in [0.4, 0.5) is 8.78 Å². The number of benzene rings is 2. The highest BCUT2D eigenvalue weighted by molar-refractivity contribution is 5.83. The molecule has 0 spiro atoms. The Morgan fingerprint density at radius 1 is 0.926 bits per heavy atom. The molecule has 8 heteroatoms. The maximum absolute atomic E-state index is 12.1. The monoisotopic (exact) mass is 378 g/mol. The van der Waals surface area contributed by atoms with Crippen LogP contribution < -0.4 is 20.3 Å². The van der Waals surface area contributed by atoms with E-state index in [4.69, 9.17) is 4.74 Å². The SMILES string of the molecule is Cc1ccc(OCC(=O)NNC(=O)Cc2ccc(OC(F)F)cc2)cc1C. The lowest BCUT2D eigenvalue weighted by Crippen LogP contribution is -2.44. The van der Waals surface area contributed by atoms with Gasteiger partial charge in [0.05, 0.1) is 6.42 Å². The van der Waals surface area contributed by atoms with Gasteiger partial charge in [-0.05, 0) is 54.8 Å². The summed E-state index contributed by atoms with van der Waals surface area (Å²) in [5, 5.41) is 0. The fourth-order valence-corrected chi connectivity index (χ4v) is 2.15. The molecule has 0 bridgehead atoms. The molecule has 0 atom stereocenters. The highest BCUT2D eigenvalue weighted by atomic mass is 19.3. The predicted octanol–water partition coefficient (Wildman–Crippen LogP) is 2.67. The summed E-state index contributed by atoms with van der Waals surface area (Å²) in [6.07, 6.45) is -0.0345. The maximum atomic E-state index is 12.1. The van der Waals surface area contributed by atoms with E-state index in [-0.39, 0.29) is 18.8 Å². The van der Waals surface area contributed by atoms with Gasteiger partial charge in [0.2, 0.25) is 5.91 Å². The minimum absolute atomic E-state index is 0.00551. The van der Waals surface area contributed by atoms with E-state index in [2.05, 4.69) is 15.6 Å². The molecule has 6 nitrogen and oxygen atoms in total. The summed E-state index contributed by atoms with van der Waals surface area (Å²) < 4.78 is 33.7. The van der Waals surface area contributed by atoms with Gasteiger partial charge in [-0.3, -0.25) is 20.4 Å². The Kier molecular flexibility index (Phi) is 7.10. The number of rotatable bonds is 7. The molecule has 2 N–H and O–H groups in total. The van der Waals surface area contributed by atoms with E-state index in [0.717, 1.165) is 11.1 Å². The number of hydrogen-bond acceptors (Lipinski definition) is 4. The lowest BCUT2D eigenvalue weighted by molar-refractivity contribution is -0.129. The molecular weight excluding hydrogens is 358 g/mol. The van der Waals surface area contributed by atoms with Crippen LogP contribution in [0.5, 0.6) is 11.5 Å². The zero-order valence-electron chi connectivity index (χ0n) is 14.9. The average molecular weight is 378 g/mol. The van der Waals surface area contributed by atoms with E-state index < -0.39 is 18.4 Å². The molecule has 0 heterocycles. The molecule has 0 radical (unpaired) electrons. The normalized spacial score (nSPS) is 10.4. The Hall–Kier alpha value is -3.16. The molecular formula is C19H20F2N2O4. The molecule has 27 heavy (non-hydrogen) atoms. The molecule has 2 aromatic carbocycles. The molecule has 0 aliphatic rings. The summed E-state index contributed by atoms with van der Waals surface area (Å²) in [6, 6.07) is 11.1. The molecule has 0 aliphatic heterocycles. The van der Waals surface area contributed by atoms with Crippen molar-refractivity contribution in [2.24, 2.45) is 0 Å². The van der Waals surface area contributed by atoms with Crippen LogP contribution in [0.2, 0.25) is 0 Å². The van der Waals surface area contributed by atoms with Gasteiger partial charge in [-0.25, -0.2) is 0 Å². The summed E-state index contributed by atoms with van der Waals surface area (Å²) in [6.45, 7) is 0.762. The molecule has 0 unspecified atom stereocenters. The molecule has 0 aliphatic carbocycles. The second kappa shape index (κ2) is 9.51. The van der Waals surface area contributed by atoms with E-state index in [1.165, 1.54) is 24.3 Å². The van der Waals surface area contributed by atoms with Gasteiger partial charge in [0.15, 0.2) is 6.61 Å². The van der Waals surface area contributed by atoms with E-state index in [1.807, 2.05) is 26.0 Å². The number of aryl methyl sites for hydroxylation is 2. The highest BCUT2D eigenvalue weighted by Crippen LogP contribution is 2.16. The average Bonchev–Trinajstić information content (AvgIpc) is 2.62. The van der Waals surface area contributed by atoms with Crippen molar-refractivity contribution in [2.45, 2.75) is 26.9 Å². The summed E-state index contributed by atoms with van der Waals surface area (Å²) in [5.74, 6) is -0.407. The minimum Gasteiger partial charge on any atom is -0.484 e. The molecule has 0 saturated heterocycles. The Labute approximate surface area is 155 Å². The number of halogens is 2. The lowest BCUT2D eigenvalue weighted by Gasteiger charge is -2.10. The van der Waals surface area contributed by atoms with Gasteiger partial charge < -0.3 is 9.47 Å². The van der Waals surface area contributed by atoms with Crippen LogP contribution in [-0.2, 0) is 16.0 Å². The number of carbonyl (C=O) groups is 2. The van der Waals surface area contributed by atoms with Crippen LogP contribution in [0.1, 0.15) is 16.7 Å². The van der Waals surface area contributed by atoms with Gasteiger partial charge in [0.25, 0.3) is 5.91 Å². The highest BCUT2D eigenvalue weighted by Gasteiger charge is 2.08. The number of carbonyl (C=O) groups excluding carboxylic acids is 2. The zero-order valence-corrected chi connectivity index (χ0v) is 14.9. The minimum atomic E-state index is -2.90. The second-order valence-electron chi connectivity index (χ2n) is 5.83. The van der Waals surface area contributed by atoms with Crippen LogP contribution in [0.15, 0.2) is 42.5 Å². The van der Waals surface area contributed by atoms with E-state index in [9.17, 15) is 18.4 Å². The van der Waals surface area contributed by atoms with Crippen molar-refractivity contribution < 1.29 is 27.8 Å². The van der Waals surface area contributed by atoms with E-state index >= 15 is 0 Å². The first-order valence-electron chi connectivity index (χ1n) is 8.15. The van der Waals surface area contributed by atoms with Crippen molar-refractivity contribution in [1.29, 1.82) is 0 Å². The van der Waals surface area contributed by atoms with E-state index in [1.54, 1.807) is 6.07 Å². The predicted molar refractivity (Wildman–Crippen MR) is 94.5 cm³/mol. The van der Waals surface area contributed by atoms with Crippen LogP contribution in [0.25, 0.3) is 0 Å². The molecule has 2 amide bonds. The first kappa shape index (κ1) is 20.2. The number of alkyl halides is 2. The maximum Gasteiger partial charge on any atom is 0.387 e. The third kappa shape index (κ3) is 6.93. The summed E-state index contributed by atoms with van der Waals surface area (Å²) >= 11 is 0. The van der Waals surface area contributed by atoms with Crippen molar-refractivity contribution in [3.8, 4) is 11.5 Å². The standard InChI is InChI=1S/C19H20F2N2O4/c1-12-3-6-16(9-13(12)2)26-11-18(25)23-22-17(24)10-14-4-7-15(8-5-14)27-19(20)21/h3-9,19H,10-11H2,1-2H3,(H,22,24)(H,23,25). The summed E-state index contributed by atoms with van der Waals surface area (Å²) in [7, 11) is 0. The Balaban J connectivity index is 1.72. The molecule has 2 aromatic rings. The Morgan fingerprint density at radius 3 is 2.19 bits per heavy atom. The molecule has 0 fully saturated rings. The van der Waals surface area contributed by atoms with Crippen molar-refractivity contribution in [1.82, 2.24) is 10.9 Å². The number of nitrogens with one attached hydrogen (secondary N) is 2. The van der Waals surface area contributed by atoms with Crippen molar-refractivity contribution in [3.05, 3.63) is 59.2 Å². The quantitative estimate of drug-likeness (QED) is 0.727. The van der Waals surface area contributed by atoms with Gasteiger partial charge in [-0.1, -0.05) is 18.2 Å². The smallest absolute Gasteiger partial charge is 0.387 e. The van der Waals surface area contributed by atoms with E-state index in [0.29, 0.717) is 11.3 Å². The molecule has 2 rings (SSSR count). The van der Waals surface area contributed by atoms with Gasteiger partial charge >= 0.3 is 6.61 Å². The van der Waals surface area contributed by atoms with Gasteiger partial charge in [-0.2, -0.15) is 8.78 Å². The number of hydrogen-bond donors (Lipinski definition) is 2. The molecule has 144 valence electrons. The second-order valence-corrected chi connectivity index (χ2v) is 5.83. The first-order chi connectivity index (χ1) is 12.8. The fourth-order valence-electron chi connectivity index (χ4n) is 2.15. The Bertz CT molecular complexity index is 795. The molecule has 0 saturated carbocycles.